The third-order valence-electron chi connectivity index (χ3n) is 3.98. The minimum Gasteiger partial charge on any atom is -0.301 e. The lowest BCUT2D eigenvalue weighted by Crippen LogP contribution is -2.45. The van der Waals surface area contributed by atoms with Gasteiger partial charge < -0.3 is 4.79 Å². The second kappa shape index (κ2) is 7.15. The van der Waals surface area contributed by atoms with E-state index in [0.717, 1.165) is 6.42 Å². The Morgan fingerprint density at radius 2 is 1.71 bits per heavy atom. The summed E-state index contributed by atoms with van der Waals surface area (Å²) < 4.78 is 0. The van der Waals surface area contributed by atoms with E-state index in [1.165, 1.54) is 25.7 Å². The van der Waals surface area contributed by atoms with Crippen LogP contribution in [-0.4, -0.2) is 13.5 Å². The number of hydrogen-bond acceptors (Lipinski definition) is 1. The third-order valence-corrected chi connectivity index (χ3v) is 9.13. The van der Waals surface area contributed by atoms with E-state index in [-0.39, 0.29) is 5.04 Å². The molecule has 0 aromatic carbocycles. The molecule has 0 rings (SSSR count). The van der Waals surface area contributed by atoms with E-state index in [1.54, 1.807) is 0 Å². The van der Waals surface area contributed by atoms with Crippen molar-refractivity contribution < 1.29 is 4.79 Å². The fourth-order valence-corrected chi connectivity index (χ4v) is 2.73. The topological polar surface area (TPSA) is 17.1 Å². The van der Waals surface area contributed by atoms with Crippen LogP contribution in [0.1, 0.15) is 59.8 Å². The maximum atomic E-state index is 12.2. The van der Waals surface area contributed by atoms with Gasteiger partial charge >= 0.3 is 0 Å². The van der Waals surface area contributed by atoms with Gasteiger partial charge in [-0.25, -0.2) is 0 Å². The monoisotopic (exact) mass is 254 g/mol. The number of allylic oxidation sites excluding steroid dienone is 2. The summed E-state index contributed by atoms with van der Waals surface area (Å²) in [5.41, 5.74) is 0. The van der Waals surface area contributed by atoms with Gasteiger partial charge in [-0.2, -0.15) is 0 Å². The molecule has 0 aliphatic heterocycles. The van der Waals surface area contributed by atoms with Crippen LogP contribution in [0, 0.1) is 0 Å². The molecule has 1 nitrogen and oxygen atoms in total. The maximum Gasteiger partial charge on any atom is 0.137 e. The smallest absolute Gasteiger partial charge is 0.137 e. The summed E-state index contributed by atoms with van der Waals surface area (Å²) >= 11 is 0. The van der Waals surface area contributed by atoms with Gasteiger partial charge in [0.25, 0.3) is 0 Å². The molecule has 0 amide bonds. The molecular weight excluding hydrogens is 224 g/mol. The van der Waals surface area contributed by atoms with E-state index in [4.69, 9.17) is 0 Å². The van der Waals surface area contributed by atoms with Crippen molar-refractivity contribution in [3.05, 3.63) is 12.2 Å². The lowest BCUT2D eigenvalue weighted by atomic mass is 10.1. The van der Waals surface area contributed by atoms with Gasteiger partial charge in [-0.3, -0.25) is 0 Å². The molecule has 17 heavy (non-hydrogen) atoms. The number of unbranched alkanes of at least 4 members (excludes halogenated alkanes) is 4. The van der Waals surface area contributed by atoms with Crippen LogP contribution in [0.2, 0.25) is 18.1 Å². The average Bonchev–Trinajstić information content (AvgIpc) is 2.21. The molecule has 0 spiro atoms. The largest absolute Gasteiger partial charge is 0.301 e. The predicted octanol–water partition coefficient (Wildman–Crippen LogP) is 5.13. The molecule has 0 aliphatic carbocycles. The summed E-state index contributed by atoms with van der Waals surface area (Å²) in [7, 11) is -1.81. The van der Waals surface area contributed by atoms with E-state index in [9.17, 15) is 4.79 Å². The van der Waals surface area contributed by atoms with Crippen LogP contribution >= 0.6 is 0 Å². The minimum atomic E-state index is -1.81. The van der Waals surface area contributed by atoms with Crippen LogP contribution in [0.25, 0.3) is 0 Å². The summed E-state index contributed by atoms with van der Waals surface area (Å²) in [6.07, 6.45) is 10.1. The highest BCUT2D eigenvalue weighted by molar-refractivity contribution is 7.07. The second-order valence-electron chi connectivity index (χ2n) is 6.49. The zero-order chi connectivity index (χ0) is 13.5. The number of rotatable bonds is 7. The lowest BCUT2D eigenvalue weighted by Gasteiger charge is -2.34. The molecule has 0 bridgehead atoms. The molecule has 0 aromatic rings. The van der Waals surface area contributed by atoms with Crippen molar-refractivity contribution in [3.8, 4) is 0 Å². The first-order valence-corrected chi connectivity index (χ1v) is 9.94. The van der Waals surface area contributed by atoms with Crippen molar-refractivity contribution in [2.24, 2.45) is 0 Å². The zero-order valence-corrected chi connectivity index (χ0v) is 13.6. The zero-order valence-electron chi connectivity index (χ0n) is 12.6. The van der Waals surface area contributed by atoms with Crippen LogP contribution in [0.4, 0.5) is 0 Å². The quantitative estimate of drug-likeness (QED) is 0.350. The molecule has 0 aromatic heterocycles. The Bertz CT molecular complexity index is 259. The van der Waals surface area contributed by atoms with Gasteiger partial charge in [0, 0.05) is 0 Å². The molecule has 0 saturated heterocycles. The van der Waals surface area contributed by atoms with Crippen molar-refractivity contribution in [3.63, 3.8) is 0 Å². The summed E-state index contributed by atoms with van der Waals surface area (Å²) in [5.74, 6) is 0. The fourth-order valence-electron chi connectivity index (χ4n) is 1.46. The first-order valence-electron chi connectivity index (χ1n) is 6.94. The van der Waals surface area contributed by atoms with Gasteiger partial charge in [0.2, 0.25) is 0 Å². The van der Waals surface area contributed by atoms with Crippen LogP contribution in [0.3, 0.4) is 0 Å². The SMILES string of the molecule is CCCCCCC=CC(=O)[Si](C)(C)C(C)(C)C. The van der Waals surface area contributed by atoms with Gasteiger partial charge in [-0.05, 0) is 24.0 Å². The standard InChI is InChI=1S/C15H30OSi/c1-7-8-9-10-11-12-13-14(16)17(5,6)15(2,3)4/h12-13H,7-11H2,1-6H3. The highest BCUT2D eigenvalue weighted by Crippen LogP contribution is 2.36. The lowest BCUT2D eigenvalue weighted by molar-refractivity contribution is -0.108. The predicted molar refractivity (Wildman–Crippen MR) is 80.1 cm³/mol. The Balaban J connectivity index is 4.13. The van der Waals surface area contributed by atoms with Gasteiger partial charge in [-0.15, -0.1) is 0 Å². The van der Waals surface area contributed by atoms with E-state index in [0.29, 0.717) is 5.41 Å². The third kappa shape index (κ3) is 5.67. The average molecular weight is 254 g/mol. The molecule has 0 N–H and O–H groups in total. The first kappa shape index (κ1) is 16.6. The normalized spacial score (nSPS) is 13.3. The fraction of sp³-hybridized carbons (Fsp3) is 0.800. The van der Waals surface area contributed by atoms with Crippen LogP contribution in [0.15, 0.2) is 12.2 Å². The molecule has 0 atom stereocenters. The molecule has 0 saturated carbocycles. The van der Waals surface area contributed by atoms with E-state index < -0.39 is 8.07 Å². The Kier molecular flexibility index (Phi) is 6.99. The first-order chi connectivity index (χ1) is 7.73. The maximum absolute atomic E-state index is 12.2. The molecule has 0 radical (unpaired) electrons. The second-order valence-corrected chi connectivity index (χ2v) is 11.7. The van der Waals surface area contributed by atoms with Gasteiger partial charge in [-0.1, -0.05) is 66.1 Å². The Hall–Kier alpha value is -0.373. The Morgan fingerprint density at radius 1 is 1.12 bits per heavy atom. The minimum absolute atomic E-state index is 0.149. The van der Waals surface area contributed by atoms with Crippen molar-refractivity contribution in [1.82, 2.24) is 0 Å². The Labute approximate surface area is 109 Å². The molecular formula is C15H30OSi. The summed E-state index contributed by atoms with van der Waals surface area (Å²) in [5, 5.41) is 0.539. The molecule has 0 heterocycles. The molecule has 0 unspecified atom stereocenters. The van der Waals surface area contributed by atoms with Crippen molar-refractivity contribution in [1.29, 1.82) is 0 Å². The van der Waals surface area contributed by atoms with Gasteiger partial charge in [0.05, 0.1) is 0 Å². The highest BCUT2D eigenvalue weighted by atomic mass is 28.3. The van der Waals surface area contributed by atoms with E-state index in [2.05, 4.69) is 46.9 Å². The Morgan fingerprint density at radius 3 is 2.18 bits per heavy atom. The number of carbonyl (C=O) groups is 1. The molecule has 100 valence electrons. The van der Waals surface area contributed by atoms with E-state index in [1.807, 2.05) is 6.08 Å². The summed E-state index contributed by atoms with van der Waals surface area (Å²) in [6, 6.07) is 0. The summed E-state index contributed by atoms with van der Waals surface area (Å²) in [4.78, 5) is 12.2. The van der Waals surface area contributed by atoms with Crippen LogP contribution in [0.5, 0.6) is 0 Å². The van der Waals surface area contributed by atoms with E-state index >= 15 is 0 Å². The molecule has 0 fully saturated rings. The molecule has 2 heteroatoms. The number of hydrogen-bond donors (Lipinski definition) is 0. The number of carbonyl (C=O) groups excluding carboxylic acids is 1. The highest BCUT2D eigenvalue weighted by Gasteiger charge is 2.40. The van der Waals surface area contributed by atoms with Gasteiger partial charge in [0.1, 0.15) is 13.5 Å². The van der Waals surface area contributed by atoms with Crippen molar-refractivity contribution in [2.75, 3.05) is 0 Å². The van der Waals surface area contributed by atoms with Crippen molar-refractivity contribution in [2.45, 2.75) is 77.9 Å². The van der Waals surface area contributed by atoms with Crippen molar-refractivity contribution >= 4 is 13.5 Å². The van der Waals surface area contributed by atoms with Crippen LogP contribution in [-0.2, 0) is 4.79 Å². The summed E-state index contributed by atoms with van der Waals surface area (Å²) in [6.45, 7) is 13.1. The van der Waals surface area contributed by atoms with Gasteiger partial charge in [0.15, 0.2) is 0 Å². The van der Waals surface area contributed by atoms with Crippen LogP contribution < -0.4 is 0 Å². The molecule has 0 aliphatic rings.